The van der Waals surface area contributed by atoms with Crippen LogP contribution in [0.3, 0.4) is 0 Å². The average Bonchev–Trinajstić information content (AvgIpc) is 3.22. The molecule has 2 amide bonds. The highest BCUT2D eigenvalue weighted by Crippen LogP contribution is 2.38. The standard InChI is InChI=1S/C23H23N5O4S/c1-12-13(2)18(7-6-16(12)25-22(29)26-23-28-27-14(3)33-23)32-19-8-9-24-17-11-21(31-5)20(30-4)10-15(17)19/h6-11H,1-5H3,(H2,25,26,28,29). The third-order valence-corrected chi connectivity index (χ3v) is 5.91. The number of methoxy groups -OCH3 is 2. The van der Waals surface area contributed by atoms with Crippen LogP contribution >= 0.6 is 11.3 Å². The van der Waals surface area contributed by atoms with Gasteiger partial charge in [-0.25, -0.2) is 4.79 Å². The van der Waals surface area contributed by atoms with Crippen molar-refractivity contribution in [3.63, 3.8) is 0 Å². The van der Waals surface area contributed by atoms with Gasteiger partial charge in [0.1, 0.15) is 16.5 Å². The monoisotopic (exact) mass is 465 g/mol. The molecule has 0 bridgehead atoms. The molecule has 0 saturated carbocycles. The van der Waals surface area contributed by atoms with Crippen LogP contribution in [-0.4, -0.2) is 35.4 Å². The van der Waals surface area contributed by atoms with E-state index in [0.717, 1.165) is 27.0 Å². The van der Waals surface area contributed by atoms with E-state index in [2.05, 4.69) is 25.8 Å². The zero-order valence-corrected chi connectivity index (χ0v) is 19.7. The Labute approximate surface area is 194 Å². The molecule has 0 atom stereocenters. The van der Waals surface area contributed by atoms with E-state index in [1.807, 2.05) is 39.0 Å². The molecule has 2 heterocycles. The SMILES string of the molecule is COc1cc2nccc(Oc3ccc(NC(=O)Nc4nnc(C)s4)c(C)c3C)c2cc1OC. The summed E-state index contributed by atoms with van der Waals surface area (Å²) in [6, 6.07) is 8.68. The Hall–Kier alpha value is -3.92. The van der Waals surface area contributed by atoms with Gasteiger partial charge in [-0.15, -0.1) is 10.2 Å². The van der Waals surface area contributed by atoms with Crippen LogP contribution in [0.1, 0.15) is 16.1 Å². The van der Waals surface area contributed by atoms with E-state index >= 15 is 0 Å². The Balaban J connectivity index is 1.59. The molecule has 2 aromatic heterocycles. The summed E-state index contributed by atoms with van der Waals surface area (Å²) in [4.78, 5) is 16.8. The average molecular weight is 466 g/mol. The van der Waals surface area contributed by atoms with Crippen molar-refractivity contribution in [2.45, 2.75) is 20.8 Å². The van der Waals surface area contributed by atoms with Gasteiger partial charge in [0.2, 0.25) is 5.13 Å². The van der Waals surface area contributed by atoms with E-state index in [9.17, 15) is 4.79 Å². The number of ether oxygens (including phenoxy) is 3. The van der Waals surface area contributed by atoms with Crippen LogP contribution in [0.2, 0.25) is 0 Å². The summed E-state index contributed by atoms with van der Waals surface area (Å²) in [7, 11) is 3.17. The fourth-order valence-corrected chi connectivity index (χ4v) is 3.88. The Kier molecular flexibility index (Phi) is 6.27. The van der Waals surface area contributed by atoms with Gasteiger partial charge in [0.15, 0.2) is 11.5 Å². The molecule has 0 radical (unpaired) electrons. The molecule has 10 heteroatoms. The molecular weight excluding hydrogens is 442 g/mol. The highest BCUT2D eigenvalue weighted by molar-refractivity contribution is 7.15. The van der Waals surface area contributed by atoms with Gasteiger partial charge in [-0.2, -0.15) is 0 Å². The van der Waals surface area contributed by atoms with Crippen molar-refractivity contribution in [1.82, 2.24) is 15.2 Å². The summed E-state index contributed by atoms with van der Waals surface area (Å²) in [5.74, 6) is 2.49. The maximum Gasteiger partial charge on any atom is 0.325 e. The summed E-state index contributed by atoms with van der Waals surface area (Å²) < 4.78 is 17.0. The number of benzene rings is 2. The van der Waals surface area contributed by atoms with Crippen molar-refractivity contribution in [1.29, 1.82) is 0 Å². The third-order valence-electron chi connectivity index (χ3n) is 5.16. The molecule has 2 aromatic carbocycles. The maximum atomic E-state index is 12.3. The van der Waals surface area contributed by atoms with Crippen LogP contribution in [0.15, 0.2) is 36.5 Å². The fourth-order valence-electron chi connectivity index (χ4n) is 3.29. The van der Waals surface area contributed by atoms with E-state index in [-0.39, 0.29) is 6.03 Å². The lowest BCUT2D eigenvalue weighted by Crippen LogP contribution is -2.20. The van der Waals surface area contributed by atoms with Crippen LogP contribution in [0.5, 0.6) is 23.0 Å². The van der Waals surface area contributed by atoms with E-state index in [4.69, 9.17) is 14.2 Å². The minimum atomic E-state index is -0.386. The number of aryl methyl sites for hydroxylation is 1. The van der Waals surface area contributed by atoms with Gasteiger partial charge in [0.05, 0.1) is 19.7 Å². The molecule has 0 saturated heterocycles. The van der Waals surface area contributed by atoms with E-state index < -0.39 is 0 Å². The predicted molar refractivity (Wildman–Crippen MR) is 128 cm³/mol. The number of carbonyl (C=O) groups is 1. The maximum absolute atomic E-state index is 12.3. The third kappa shape index (κ3) is 4.65. The molecule has 0 aliphatic carbocycles. The van der Waals surface area contributed by atoms with Gasteiger partial charge in [0.25, 0.3) is 0 Å². The number of anilines is 2. The fraction of sp³-hybridized carbons (Fsp3) is 0.217. The molecule has 33 heavy (non-hydrogen) atoms. The minimum Gasteiger partial charge on any atom is -0.493 e. The van der Waals surface area contributed by atoms with E-state index in [1.54, 1.807) is 32.5 Å². The summed E-state index contributed by atoms with van der Waals surface area (Å²) in [5.41, 5.74) is 3.17. The highest BCUT2D eigenvalue weighted by Gasteiger charge is 2.15. The number of pyridine rings is 1. The molecule has 9 nitrogen and oxygen atoms in total. The predicted octanol–water partition coefficient (Wildman–Crippen LogP) is 5.47. The van der Waals surface area contributed by atoms with Crippen molar-refractivity contribution in [3.05, 3.63) is 52.7 Å². The quantitative estimate of drug-likeness (QED) is 0.389. The number of carbonyl (C=O) groups excluding carboxylic acids is 1. The Morgan fingerprint density at radius 2 is 1.64 bits per heavy atom. The number of urea groups is 1. The topological polar surface area (TPSA) is 107 Å². The van der Waals surface area contributed by atoms with Crippen molar-refractivity contribution in [2.75, 3.05) is 24.9 Å². The van der Waals surface area contributed by atoms with Crippen LogP contribution in [-0.2, 0) is 0 Å². The van der Waals surface area contributed by atoms with Crippen LogP contribution in [0.4, 0.5) is 15.6 Å². The molecular formula is C23H23N5O4S. The van der Waals surface area contributed by atoms with Gasteiger partial charge < -0.3 is 19.5 Å². The van der Waals surface area contributed by atoms with Crippen LogP contribution in [0, 0.1) is 20.8 Å². The molecule has 170 valence electrons. The normalized spacial score (nSPS) is 10.7. The summed E-state index contributed by atoms with van der Waals surface area (Å²) in [6.07, 6.45) is 1.68. The molecule has 4 aromatic rings. The first-order valence-electron chi connectivity index (χ1n) is 10.1. The van der Waals surface area contributed by atoms with Gasteiger partial charge in [-0.05, 0) is 56.2 Å². The van der Waals surface area contributed by atoms with E-state index in [1.165, 1.54) is 11.3 Å². The second-order valence-electron chi connectivity index (χ2n) is 7.20. The minimum absolute atomic E-state index is 0.386. The summed E-state index contributed by atoms with van der Waals surface area (Å²) in [6.45, 7) is 5.69. The largest absolute Gasteiger partial charge is 0.493 e. The molecule has 4 rings (SSSR count). The van der Waals surface area contributed by atoms with Crippen molar-refractivity contribution in [2.24, 2.45) is 0 Å². The Morgan fingerprint density at radius 3 is 2.33 bits per heavy atom. The van der Waals surface area contributed by atoms with Crippen molar-refractivity contribution >= 4 is 39.1 Å². The highest BCUT2D eigenvalue weighted by atomic mass is 32.1. The number of aromatic nitrogens is 3. The van der Waals surface area contributed by atoms with Gasteiger partial charge in [0, 0.05) is 23.3 Å². The van der Waals surface area contributed by atoms with E-state index in [0.29, 0.717) is 33.8 Å². The first-order chi connectivity index (χ1) is 15.9. The second-order valence-corrected chi connectivity index (χ2v) is 8.38. The van der Waals surface area contributed by atoms with Gasteiger partial charge in [-0.1, -0.05) is 11.3 Å². The smallest absolute Gasteiger partial charge is 0.325 e. The number of nitrogens with zero attached hydrogens (tertiary/aromatic N) is 3. The lowest BCUT2D eigenvalue weighted by Gasteiger charge is -2.16. The number of amides is 2. The number of nitrogens with one attached hydrogen (secondary N) is 2. The molecule has 0 aliphatic heterocycles. The van der Waals surface area contributed by atoms with Crippen molar-refractivity contribution in [3.8, 4) is 23.0 Å². The summed E-state index contributed by atoms with van der Waals surface area (Å²) >= 11 is 1.31. The lowest BCUT2D eigenvalue weighted by molar-refractivity contribution is 0.262. The first kappa shape index (κ1) is 22.3. The number of fused-ring (bicyclic) bond motifs is 1. The number of rotatable bonds is 6. The molecule has 0 spiro atoms. The van der Waals surface area contributed by atoms with Gasteiger partial charge >= 0.3 is 6.03 Å². The molecule has 0 unspecified atom stereocenters. The molecule has 0 aliphatic rings. The number of hydrogen-bond acceptors (Lipinski definition) is 8. The Morgan fingerprint density at radius 1 is 0.879 bits per heavy atom. The zero-order valence-electron chi connectivity index (χ0n) is 18.8. The summed E-state index contributed by atoms with van der Waals surface area (Å²) in [5, 5.41) is 15.3. The lowest BCUT2D eigenvalue weighted by atomic mass is 10.1. The Bertz CT molecular complexity index is 1340. The molecule has 0 fully saturated rings. The number of hydrogen-bond donors (Lipinski definition) is 2. The zero-order chi connectivity index (χ0) is 23.5. The van der Waals surface area contributed by atoms with Gasteiger partial charge in [-0.3, -0.25) is 10.3 Å². The first-order valence-corrected chi connectivity index (χ1v) is 10.9. The van der Waals surface area contributed by atoms with Crippen molar-refractivity contribution < 1.29 is 19.0 Å². The molecule has 2 N–H and O–H groups in total. The van der Waals surface area contributed by atoms with Crippen LogP contribution in [0.25, 0.3) is 10.9 Å². The van der Waals surface area contributed by atoms with Crippen LogP contribution < -0.4 is 24.8 Å². The second kappa shape index (κ2) is 9.29.